The fraction of sp³-hybridized carbons (Fsp3) is 0.538. The van der Waals surface area contributed by atoms with E-state index in [1.54, 1.807) is 10.3 Å². The highest BCUT2D eigenvalue weighted by atomic mass is 32.1. The zero-order chi connectivity index (χ0) is 14.5. The highest BCUT2D eigenvalue weighted by Gasteiger charge is 2.22. The number of hydrogen-bond donors (Lipinski definition) is 2. The van der Waals surface area contributed by atoms with Crippen molar-refractivity contribution in [1.29, 1.82) is 0 Å². The Hall–Kier alpha value is -1.60. The predicted octanol–water partition coefficient (Wildman–Crippen LogP) is 2.34. The van der Waals surface area contributed by atoms with Crippen molar-refractivity contribution in [1.82, 2.24) is 4.90 Å². The van der Waals surface area contributed by atoms with Crippen LogP contribution < -0.4 is 5.32 Å². The third-order valence-corrected chi connectivity index (χ3v) is 4.12. The molecule has 0 radical (unpaired) electrons. The first-order valence-corrected chi connectivity index (χ1v) is 7.44. The van der Waals surface area contributed by atoms with E-state index in [-0.39, 0.29) is 11.6 Å². The van der Waals surface area contributed by atoms with Crippen LogP contribution in [0.1, 0.15) is 23.7 Å². The van der Waals surface area contributed by atoms with Crippen LogP contribution in [0.3, 0.4) is 0 Å². The van der Waals surface area contributed by atoms with E-state index >= 15 is 0 Å². The van der Waals surface area contributed by atoms with Crippen LogP contribution in [0.2, 0.25) is 0 Å². The molecule has 1 atom stereocenters. The van der Waals surface area contributed by atoms with E-state index in [2.05, 4.69) is 5.32 Å². The van der Waals surface area contributed by atoms with Gasteiger partial charge in [-0.15, -0.1) is 11.3 Å². The quantitative estimate of drug-likeness (QED) is 0.874. The SMILES string of the molecule is CCN(CC1CCOC1)C(=O)Nc1sccc1C(=O)O. The number of hydrogen-bond acceptors (Lipinski definition) is 4. The number of carboxylic acids is 1. The van der Waals surface area contributed by atoms with Crippen molar-refractivity contribution >= 4 is 28.3 Å². The van der Waals surface area contributed by atoms with Gasteiger partial charge in [-0.1, -0.05) is 0 Å². The number of carboxylic acid groups (broad SMARTS) is 1. The number of rotatable bonds is 5. The molecule has 2 amide bonds. The summed E-state index contributed by atoms with van der Waals surface area (Å²) in [6.07, 6.45) is 0.961. The Kier molecular flexibility index (Phi) is 4.97. The summed E-state index contributed by atoms with van der Waals surface area (Å²) in [7, 11) is 0. The van der Waals surface area contributed by atoms with E-state index < -0.39 is 5.97 Å². The molecule has 0 aliphatic carbocycles. The fourth-order valence-corrected chi connectivity index (χ4v) is 2.91. The Morgan fingerprint density at radius 2 is 2.40 bits per heavy atom. The Labute approximate surface area is 121 Å². The van der Waals surface area contributed by atoms with Crippen molar-refractivity contribution in [2.75, 3.05) is 31.6 Å². The minimum absolute atomic E-state index is 0.128. The molecule has 2 N–H and O–H groups in total. The molecule has 1 unspecified atom stereocenters. The summed E-state index contributed by atoms with van der Waals surface area (Å²) < 4.78 is 5.30. The topological polar surface area (TPSA) is 78.9 Å². The highest BCUT2D eigenvalue weighted by molar-refractivity contribution is 7.14. The number of thiophene rings is 1. The maximum absolute atomic E-state index is 12.2. The van der Waals surface area contributed by atoms with Crippen LogP contribution in [-0.4, -0.2) is 48.3 Å². The lowest BCUT2D eigenvalue weighted by atomic mass is 10.1. The molecule has 2 rings (SSSR count). The van der Waals surface area contributed by atoms with Gasteiger partial charge in [0, 0.05) is 25.6 Å². The van der Waals surface area contributed by atoms with E-state index in [0.717, 1.165) is 13.0 Å². The minimum atomic E-state index is -1.03. The van der Waals surface area contributed by atoms with Crippen molar-refractivity contribution in [3.05, 3.63) is 17.0 Å². The fourth-order valence-electron chi connectivity index (χ4n) is 2.15. The second kappa shape index (κ2) is 6.71. The molecule has 6 nitrogen and oxygen atoms in total. The number of aromatic carboxylic acids is 1. The molecule has 0 spiro atoms. The van der Waals surface area contributed by atoms with E-state index in [4.69, 9.17) is 9.84 Å². The van der Waals surface area contributed by atoms with Gasteiger partial charge < -0.3 is 14.7 Å². The third-order valence-electron chi connectivity index (χ3n) is 3.29. The van der Waals surface area contributed by atoms with Crippen molar-refractivity contribution < 1.29 is 19.4 Å². The lowest BCUT2D eigenvalue weighted by Crippen LogP contribution is -2.38. The number of nitrogens with zero attached hydrogens (tertiary/aromatic N) is 1. The summed E-state index contributed by atoms with van der Waals surface area (Å²) in [4.78, 5) is 24.9. The zero-order valence-corrected chi connectivity index (χ0v) is 12.1. The van der Waals surface area contributed by atoms with E-state index in [9.17, 15) is 9.59 Å². The molecular formula is C13H18N2O4S. The molecule has 0 aromatic carbocycles. The van der Waals surface area contributed by atoms with E-state index in [0.29, 0.717) is 30.6 Å². The molecular weight excluding hydrogens is 280 g/mol. The third kappa shape index (κ3) is 3.49. The second-order valence-electron chi connectivity index (χ2n) is 4.67. The van der Waals surface area contributed by atoms with Crippen LogP contribution in [0.25, 0.3) is 0 Å². The molecule has 1 fully saturated rings. The predicted molar refractivity (Wildman–Crippen MR) is 76.5 cm³/mol. The van der Waals surface area contributed by atoms with Crippen LogP contribution in [0, 0.1) is 5.92 Å². The van der Waals surface area contributed by atoms with Gasteiger partial charge in [0.05, 0.1) is 12.2 Å². The van der Waals surface area contributed by atoms with Crippen molar-refractivity contribution in [2.24, 2.45) is 5.92 Å². The standard InChI is InChI=1S/C13H18N2O4S/c1-2-15(7-9-3-5-19-8-9)13(18)14-11-10(12(16)17)4-6-20-11/h4,6,9H,2-3,5,7-8H2,1H3,(H,14,18)(H,16,17). The smallest absolute Gasteiger partial charge is 0.338 e. The number of anilines is 1. The summed E-state index contributed by atoms with van der Waals surface area (Å²) in [6, 6.07) is 1.23. The number of carbonyl (C=O) groups is 2. The summed E-state index contributed by atoms with van der Waals surface area (Å²) in [6.45, 7) is 4.55. The molecule has 0 saturated carbocycles. The molecule has 7 heteroatoms. The van der Waals surface area contributed by atoms with Gasteiger partial charge in [0.15, 0.2) is 0 Å². The molecule has 2 heterocycles. The van der Waals surface area contributed by atoms with Crippen LogP contribution in [0.5, 0.6) is 0 Å². The first kappa shape index (κ1) is 14.8. The second-order valence-corrected chi connectivity index (χ2v) is 5.58. The van der Waals surface area contributed by atoms with Gasteiger partial charge in [0.1, 0.15) is 5.00 Å². The number of ether oxygens (including phenoxy) is 1. The molecule has 1 saturated heterocycles. The van der Waals surface area contributed by atoms with E-state index in [1.807, 2.05) is 6.92 Å². The first-order valence-electron chi connectivity index (χ1n) is 6.56. The lowest BCUT2D eigenvalue weighted by molar-refractivity contribution is 0.0698. The Balaban J connectivity index is 1.97. The summed E-state index contributed by atoms with van der Waals surface area (Å²) in [5, 5.41) is 13.7. The maximum atomic E-state index is 12.2. The minimum Gasteiger partial charge on any atom is -0.478 e. The van der Waals surface area contributed by atoms with Gasteiger partial charge in [-0.3, -0.25) is 5.32 Å². The summed E-state index contributed by atoms with van der Waals surface area (Å²) in [5.74, 6) is -0.670. The molecule has 1 aliphatic heterocycles. The van der Waals surface area contributed by atoms with Crippen LogP contribution >= 0.6 is 11.3 Å². The van der Waals surface area contributed by atoms with Crippen LogP contribution in [0.4, 0.5) is 9.80 Å². The molecule has 1 aromatic rings. The van der Waals surface area contributed by atoms with Gasteiger partial charge in [-0.25, -0.2) is 9.59 Å². The Bertz CT molecular complexity index is 482. The number of amides is 2. The number of urea groups is 1. The normalized spacial score (nSPS) is 17.9. The zero-order valence-electron chi connectivity index (χ0n) is 11.3. The van der Waals surface area contributed by atoms with Crippen LogP contribution in [-0.2, 0) is 4.74 Å². The number of nitrogens with one attached hydrogen (secondary N) is 1. The molecule has 1 aromatic heterocycles. The summed E-state index contributed by atoms with van der Waals surface area (Å²) >= 11 is 1.21. The molecule has 20 heavy (non-hydrogen) atoms. The highest BCUT2D eigenvalue weighted by Crippen LogP contribution is 2.24. The average molecular weight is 298 g/mol. The van der Waals surface area contributed by atoms with Crippen molar-refractivity contribution in [2.45, 2.75) is 13.3 Å². The van der Waals surface area contributed by atoms with Gasteiger partial charge in [0.2, 0.25) is 0 Å². The molecule has 0 bridgehead atoms. The van der Waals surface area contributed by atoms with Gasteiger partial charge in [-0.05, 0) is 24.8 Å². The monoisotopic (exact) mass is 298 g/mol. The van der Waals surface area contributed by atoms with Crippen molar-refractivity contribution in [3.63, 3.8) is 0 Å². The van der Waals surface area contributed by atoms with Gasteiger partial charge in [0.25, 0.3) is 0 Å². The lowest BCUT2D eigenvalue weighted by Gasteiger charge is -2.23. The maximum Gasteiger partial charge on any atom is 0.338 e. The average Bonchev–Trinajstić information content (AvgIpc) is 3.06. The molecule has 1 aliphatic rings. The molecule has 110 valence electrons. The Morgan fingerprint density at radius 3 is 3.00 bits per heavy atom. The van der Waals surface area contributed by atoms with Crippen molar-refractivity contribution in [3.8, 4) is 0 Å². The first-order chi connectivity index (χ1) is 9.61. The Morgan fingerprint density at radius 1 is 1.60 bits per heavy atom. The van der Waals surface area contributed by atoms with Crippen LogP contribution in [0.15, 0.2) is 11.4 Å². The number of carbonyl (C=O) groups excluding carboxylic acids is 1. The summed E-state index contributed by atoms with van der Waals surface area (Å²) in [5.41, 5.74) is 0.128. The van der Waals surface area contributed by atoms with Gasteiger partial charge in [-0.2, -0.15) is 0 Å². The van der Waals surface area contributed by atoms with Gasteiger partial charge >= 0.3 is 12.0 Å². The largest absolute Gasteiger partial charge is 0.478 e. The van der Waals surface area contributed by atoms with E-state index in [1.165, 1.54) is 17.4 Å².